The zero-order valence-electron chi connectivity index (χ0n) is 105. The van der Waals surface area contributed by atoms with Gasteiger partial charge in [-0.1, -0.05) is 82.4 Å². The van der Waals surface area contributed by atoms with Crippen LogP contribution in [0.3, 0.4) is 0 Å². The molecule has 0 spiro atoms. The lowest BCUT2D eigenvalue weighted by Gasteiger charge is -2.47. The van der Waals surface area contributed by atoms with Gasteiger partial charge in [-0.3, -0.25) is 29.1 Å². The first-order valence-corrected chi connectivity index (χ1v) is 28.0. The van der Waals surface area contributed by atoms with Gasteiger partial charge in [0.2, 0.25) is 0 Å². The van der Waals surface area contributed by atoms with Gasteiger partial charge in [0.1, 0.15) is 36.4 Å². The molecule has 504 valence electrons. The van der Waals surface area contributed by atoms with Crippen molar-refractivity contribution in [3.05, 3.63) is 69.6 Å². The van der Waals surface area contributed by atoms with Crippen LogP contribution < -0.4 is 45.6 Å². The zero-order chi connectivity index (χ0) is 113. The van der Waals surface area contributed by atoms with Crippen molar-refractivity contribution in [1.29, 1.82) is 0 Å². The summed E-state index contributed by atoms with van der Waals surface area (Å²) in [5, 5.41) is 0. The SMILES string of the molecule is [2H]c1c2c(c([2H])c(OC)c1OC([2H])([2H])[2H])C1([2H])CC(OC(=O)[C@@]([2H])(N)C([2H])(C([2H])([2H])[2H])C([2H])([2H])[2H])C(C([2H])([2H])C([2H])(C)C([2H])([2H])[2H])CN1CC2.[2H]c1c2c(c([2H])c(OC)c1OC)C1([2H])CC(OC(=O)[C@@]([2H])(N)C([2H])(C([2H])([2H])[2H])C([2H])([2H])[2H])C(C([2H])([2H])C([2H])(C)C([2H])([2H])[2H])CN1CC2.[2H]c1c2c(c([2H])c(OC)c1OC)C1([2H])CC(OC(=O)[C@@]([2H])(N)C([2H])(C([2H])([2H])[2H])C([2H])([2H])[2H])C(C([2H])([2H])C([2H])(C)C([2H])([2H])[2H])CN1CC2. The standard InChI is InChI=1S/3C24H38N2O4/c3*1-14(2)9-17-13-26-8-7-16-10-21(28-5)22(29-6)11-18(16)19(26)12-20(17)30-24(27)23(25)15(3)4/h3*10-11,14-15,17,19-20,23H,7-9,12-13,25H2,1-6H3/t3*17?,19?,20?,23-/m000/s1/i1D3,3D3,4D3,5D3,9D2,10D,11D,14D,15D,19D,23D;2*1D3,3D3,4D3,9D2,10D,11D,14D,15D,19D,23D/t3*14?,17?,19?,20?,23-. The van der Waals surface area contributed by atoms with Crippen molar-refractivity contribution in [2.45, 2.75) is 195 Å². The van der Waals surface area contributed by atoms with E-state index in [0.29, 0.717) is 0 Å². The van der Waals surface area contributed by atoms with E-state index in [-0.39, 0.29) is 107 Å². The number of nitrogens with zero attached hydrogens (tertiary/aromatic N) is 3. The molecular formula is C72H114N6O12. The van der Waals surface area contributed by atoms with Gasteiger partial charge in [0.25, 0.3) is 0 Å². The van der Waals surface area contributed by atoms with Gasteiger partial charge in [0, 0.05) is 148 Å². The van der Waals surface area contributed by atoms with Crippen LogP contribution in [-0.4, -0.2) is 151 Å². The second-order valence-electron chi connectivity index (χ2n) is 21.3. The number of fused-ring (bicyclic) bond motifs is 9. The Morgan fingerprint density at radius 1 is 0.478 bits per heavy atom. The lowest BCUT2D eigenvalue weighted by atomic mass is 9.79. The minimum Gasteiger partial charge on any atom is -0.493 e. The molecule has 0 radical (unpaired) electrons. The molecule has 6 aliphatic rings. The molecule has 15 atom stereocenters. The predicted molar refractivity (Wildman–Crippen MR) is 353 cm³/mol. The Morgan fingerprint density at radius 2 is 0.744 bits per heavy atom. The maximum atomic E-state index is 13.6. The quantitative estimate of drug-likeness (QED) is 0.0666. The first-order chi connectivity index (χ1) is 63.9. The summed E-state index contributed by atoms with van der Waals surface area (Å²) in [6.45, 7) is -32.8. The summed E-state index contributed by atoms with van der Waals surface area (Å²) >= 11 is 0. The molecule has 6 N–H and O–H groups in total. The van der Waals surface area contributed by atoms with E-state index in [2.05, 4.69) is 0 Å². The Hall–Kier alpha value is -5.37. The number of ether oxygens (including phenoxy) is 9. The molecule has 0 amide bonds. The van der Waals surface area contributed by atoms with E-state index in [1.807, 2.05) is 0 Å². The van der Waals surface area contributed by atoms with Crippen molar-refractivity contribution in [2.75, 3.05) is 81.9 Å². The fourth-order valence-corrected chi connectivity index (χ4v) is 11.1. The van der Waals surface area contributed by atoms with E-state index in [1.54, 1.807) is 0 Å². The van der Waals surface area contributed by atoms with Crippen LogP contribution in [0.25, 0.3) is 0 Å². The molecule has 3 aromatic carbocycles. The first kappa shape index (κ1) is 28.3. The number of piperidine rings is 3. The van der Waals surface area contributed by atoms with Crippen molar-refractivity contribution in [3.63, 3.8) is 0 Å². The number of carbonyl (C=O) groups excluding carboxylic acids is 3. The number of rotatable bonds is 21. The van der Waals surface area contributed by atoms with Gasteiger partial charge >= 0.3 is 17.9 Å². The zero-order valence-corrected chi connectivity index (χ0v) is 50.9. The van der Waals surface area contributed by atoms with Crippen LogP contribution in [0.2, 0.25) is 0 Å². The highest BCUT2D eigenvalue weighted by Gasteiger charge is 2.45. The Labute approximate surface area is 615 Å². The van der Waals surface area contributed by atoms with Crippen molar-refractivity contribution in [1.82, 2.24) is 14.7 Å². The first-order valence-electron chi connectivity index (χ1n) is 55.0. The summed E-state index contributed by atoms with van der Waals surface area (Å²) in [7, 11) is 2.88. The number of methoxy groups -OCH3 is 6. The highest BCUT2D eigenvalue weighted by Crippen LogP contribution is 2.48. The van der Waals surface area contributed by atoms with Crippen LogP contribution in [0.1, 0.15) is 246 Å². The topological polar surface area (TPSA) is 222 Å². The average molecular weight is 1310 g/mol. The van der Waals surface area contributed by atoms with E-state index >= 15 is 0 Å². The van der Waals surface area contributed by atoms with Crippen molar-refractivity contribution >= 4 is 17.9 Å². The van der Waals surface area contributed by atoms with Crippen molar-refractivity contribution in [3.8, 4) is 34.5 Å². The van der Waals surface area contributed by atoms with Gasteiger partial charge in [-0.15, -0.1) is 0 Å². The molecule has 0 aromatic heterocycles. The lowest BCUT2D eigenvalue weighted by molar-refractivity contribution is -0.161. The second kappa shape index (κ2) is 32.5. The molecule has 18 heteroatoms. The summed E-state index contributed by atoms with van der Waals surface area (Å²) in [4.78, 5) is 44.8. The third kappa shape index (κ3) is 17.5. The largest absolute Gasteiger partial charge is 0.493 e. The Balaban J connectivity index is 0.000000293. The monoisotopic (exact) mass is 1310 g/mol. The molecule has 0 aliphatic carbocycles. The van der Waals surface area contributed by atoms with Crippen LogP contribution in [0.15, 0.2) is 36.3 Å². The molecule has 90 heavy (non-hydrogen) atoms. The molecule has 0 saturated carbocycles. The Morgan fingerprint density at radius 3 is 0.989 bits per heavy atom. The summed E-state index contributed by atoms with van der Waals surface area (Å²) in [5.74, 6) is -34.2. The molecule has 0 bridgehead atoms. The fourth-order valence-electron chi connectivity index (χ4n) is 11.1. The molecular weight excluding hydrogens is 1140 g/mol. The highest BCUT2D eigenvalue weighted by atomic mass is 16.6. The molecule has 18 nitrogen and oxygen atoms in total. The van der Waals surface area contributed by atoms with Crippen molar-refractivity contribution < 1.29 is 131 Å². The van der Waals surface area contributed by atoms with Crippen LogP contribution in [0, 0.1) is 53.1 Å². The van der Waals surface area contributed by atoms with Gasteiger partial charge in [-0.05, 0) is 143 Å². The third-order valence-corrected chi connectivity index (χ3v) is 15.3. The highest BCUT2D eigenvalue weighted by molar-refractivity contribution is 5.77. The van der Waals surface area contributed by atoms with E-state index in [9.17, 15) is 18.5 Å². The van der Waals surface area contributed by atoms with Gasteiger partial charge in [-0.2, -0.15) is 0 Å². The molecule has 6 aliphatic heterocycles. The molecule has 3 saturated heterocycles. The number of esters is 3. The summed E-state index contributed by atoms with van der Waals surface area (Å²) in [6, 6.07) is -20.6. The summed E-state index contributed by atoms with van der Waals surface area (Å²) in [6.07, 6.45) is -17.9. The minimum absolute atomic E-state index is 0.0414. The van der Waals surface area contributed by atoms with Crippen LogP contribution in [0.5, 0.6) is 34.5 Å². The van der Waals surface area contributed by atoms with E-state index in [1.165, 1.54) is 43.1 Å². The molecule has 9 rings (SSSR count). The Bertz CT molecular complexity index is 5020. The number of nitrogens with two attached hydrogens (primary N) is 3. The van der Waals surface area contributed by atoms with E-state index in [0.717, 1.165) is 27.9 Å². The average Bonchev–Trinajstić information content (AvgIpc) is 0.703. The van der Waals surface area contributed by atoms with Gasteiger partial charge in [0.05, 0.1) is 63.1 Å². The van der Waals surface area contributed by atoms with E-state index < -0.39 is 288 Å². The molecule has 3 aromatic rings. The predicted octanol–water partition coefficient (Wildman–Crippen LogP) is 10.7. The fraction of sp³-hybridized carbons (Fsp3) is 0.708. The molecule has 12 unspecified atom stereocenters. The van der Waals surface area contributed by atoms with Crippen LogP contribution in [-0.2, 0) is 47.9 Å². The summed E-state index contributed by atoms with van der Waals surface area (Å²) < 4.78 is 490. The van der Waals surface area contributed by atoms with E-state index in [4.69, 9.17) is 130 Å². The van der Waals surface area contributed by atoms with Gasteiger partial charge in [-0.25, -0.2) is 0 Å². The summed E-state index contributed by atoms with van der Waals surface area (Å²) in [5.41, 5.74) is 16.9. The maximum Gasteiger partial charge on any atom is 0.323 e. The third-order valence-electron chi connectivity index (χ3n) is 15.3. The van der Waals surface area contributed by atoms with Crippen LogP contribution >= 0.6 is 0 Å². The van der Waals surface area contributed by atoms with Gasteiger partial charge in [0.15, 0.2) is 34.5 Å². The second-order valence-corrected chi connectivity index (χ2v) is 21.3. The maximum absolute atomic E-state index is 13.6. The number of benzene rings is 3. The van der Waals surface area contributed by atoms with Crippen molar-refractivity contribution in [2.24, 2.45) is 70.3 Å². The normalized spacial score (nSPS) is 41.4. The van der Waals surface area contributed by atoms with Crippen LogP contribution in [0.4, 0.5) is 0 Å². The number of hydrogen-bond acceptors (Lipinski definition) is 18. The number of carbonyl (C=O) groups is 3. The lowest BCUT2D eigenvalue weighted by Crippen LogP contribution is -2.51. The number of hydrogen-bond donors (Lipinski definition) is 3. The molecule has 3 fully saturated rings. The minimum atomic E-state index is -4.03. The molecule has 6 heterocycles. The smallest absolute Gasteiger partial charge is 0.323 e. The Kier molecular flexibility index (Phi) is 10.2. The van der Waals surface area contributed by atoms with Gasteiger partial charge < -0.3 is 59.8 Å².